The number of hydrogen-bond acceptors (Lipinski definition) is 11. The van der Waals surface area contributed by atoms with E-state index in [-0.39, 0.29) is 22.9 Å². The van der Waals surface area contributed by atoms with Crippen LogP contribution in [0.3, 0.4) is 0 Å². The molecule has 15 heteroatoms. The van der Waals surface area contributed by atoms with Crippen LogP contribution in [-0.2, 0) is 14.8 Å². The first kappa shape index (κ1) is 42.1. The molecule has 340 valence electrons. The van der Waals surface area contributed by atoms with Crippen molar-refractivity contribution in [3.63, 3.8) is 0 Å². The van der Waals surface area contributed by atoms with Gasteiger partial charge in [-0.1, -0.05) is 30.7 Å². The van der Waals surface area contributed by atoms with Gasteiger partial charge in [0.15, 0.2) is 0 Å². The number of nitrogens with zero attached hydrogens (tertiary/aromatic N) is 4. The normalized spacial score (nSPS) is 23.6. The molecule has 14 nitrogen and oxygen atoms in total. The number of hydrogen-bond donors (Lipinski definition) is 3. The maximum Gasteiger partial charge on any atom is 0.293 e. The topological polar surface area (TPSA) is 172 Å². The van der Waals surface area contributed by atoms with E-state index in [9.17, 15) is 23.3 Å². The van der Waals surface area contributed by atoms with Gasteiger partial charge >= 0.3 is 0 Å². The molecule has 3 N–H and O–H groups in total. The largest absolute Gasteiger partial charge is 0.455 e. The van der Waals surface area contributed by atoms with Crippen LogP contribution in [0, 0.1) is 33.3 Å². The van der Waals surface area contributed by atoms with Crippen LogP contribution in [0.15, 0.2) is 90.1 Å². The maximum absolute atomic E-state index is 14.0. The second-order valence-electron chi connectivity index (χ2n) is 19.6. The molecular weight excluding hydrogens is 843 g/mol. The number of sulfonamides is 1. The Balaban J connectivity index is 0.796. The summed E-state index contributed by atoms with van der Waals surface area (Å²) >= 11 is 0. The summed E-state index contributed by atoms with van der Waals surface area (Å²) in [6.45, 7) is 4.72. The molecule has 5 aromatic rings. The Morgan fingerprint density at radius 3 is 2.54 bits per heavy atom. The number of H-pyrrole nitrogens is 1. The number of pyridine rings is 1. The lowest BCUT2D eigenvalue weighted by atomic mass is 9.59. The van der Waals surface area contributed by atoms with E-state index in [2.05, 4.69) is 54.1 Å². The molecule has 1 spiro atoms. The molecule has 1 amide bonds. The molecule has 0 radical (unpaired) electrons. The number of carbonyl (C=O) groups excluding carboxylic acids is 1. The average molecular weight is 900 g/mol. The summed E-state index contributed by atoms with van der Waals surface area (Å²) in [5.74, 6) is 2.25. The highest BCUT2D eigenvalue weighted by molar-refractivity contribution is 7.90. The van der Waals surface area contributed by atoms with E-state index in [1.807, 2.05) is 12.1 Å². The first-order chi connectivity index (χ1) is 31.6. The molecular formula is C50H57N7O7S. The SMILES string of the molecule is O=C(NS(=O)(=O)c1ccc(NCC2CCOCC2)c([N+](=O)[O-])c1)c1ccc(N2CCC3(CC2)CC(N2CC4CCCC4C2c2ccccc2C2CC2)C3)cc1Oc1cnc2[nH]ccc2c1. The summed E-state index contributed by atoms with van der Waals surface area (Å²) in [7, 11) is -4.54. The Hall–Kier alpha value is -5.51. The van der Waals surface area contributed by atoms with Crippen LogP contribution in [0.2, 0.25) is 0 Å². The Labute approximate surface area is 379 Å². The zero-order chi connectivity index (χ0) is 44.3. The molecule has 5 heterocycles. The van der Waals surface area contributed by atoms with E-state index >= 15 is 0 Å². The van der Waals surface area contributed by atoms with Crippen LogP contribution in [0.25, 0.3) is 11.0 Å². The van der Waals surface area contributed by atoms with Gasteiger partial charge in [0.1, 0.15) is 22.8 Å². The molecule has 65 heavy (non-hydrogen) atoms. The minimum Gasteiger partial charge on any atom is -0.455 e. The van der Waals surface area contributed by atoms with Gasteiger partial charge in [0.05, 0.1) is 21.6 Å². The predicted molar refractivity (Wildman–Crippen MR) is 248 cm³/mol. The van der Waals surface area contributed by atoms with Gasteiger partial charge in [-0.3, -0.25) is 19.8 Å². The standard InChI is InChI=1S/C50H57N7O7S/c58-49(54-65(61,62)39-11-13-44(45(26-39)57(59)60)52-29-32-15-22-63-23-16-32)43-12-10-36(25-46(43)64-38-24-34-14-19-51-48(34)53-30-38)55-20-17-50(18-21-55)27-37(28-50)56-31-35-4-3-7-41(35)47(56)42-6-2-1-5-40(42)33-8-9-33/h1-2,5-6,10-14,19,24-26,30,32-33,35,37,41,47,52H,3-4,7-9,15-18,20-23,27-29,31H2,(H,51,53)(H,54,58). The minimum atomic E-state index is -4.54. The van der Waals surface area contributed by atoms with Crippen molar-refractivity contribution in [2.75, 3.05) is 49.6 Å². The number of amides is 1. The van der Waals surface area contributed by atoms with Gasteiger partial charge in [-0.2, -0.15) is 0 Å². The van der Waals surface area contributed by atoms with E-state index < -0.39 is 31.4 Å². The molecule has 6 aliphatic rings. The molecule has 6 fully saturated rings. The van der Waals surface area contributed by atoms with Crippen LogP contribution in [0.1, 0.15) is 104 Å². The Morgan fingerprint density at radius 1 is 0.954 bits per heavy atom. The van der Waals surface area contributed by atoms with Crippen LogP contribution >= 0.6 is 0 Å². The van der Waals surface area contributed by atoms with Gasteiger partial charge < -0.3 is 24.7 Å². The lowest BCUT2D eigenvalue weighted by Gasteiger charge is -2.56. The number of aromatic nitrogens is 2. The molecule has 3 saturated carbocycles. The van der Waals surface area contributed by atoms with Gasteiger partial charge in [-0.25, -0.2) is 18.1 Å². The Kier molecular flexibility index (Phi) is 11.1. The van der Waals surface area contributed by atoms with E-state index in [4.69, 9.17) is 9.47 Å². The first-order valence-electron chi connectivity index (χ1n) is 23.6. The molecule has 2 aromatic heterocycles. The quantitative estimate of drug-likeness (QED) is 0.0760. The summed E-state index contributed by atoms with van der Waals surface area (Å²) in [6, 6.07) is 23.1. The summed E-state index contributed by atoms with van der Waals surface area (Å²) in [6.07, 6.45) is 16.4. The number of rotatable bonds is 13. The molecule has 0 bridgehead atoms. The monoisotopic (exact) mass is 899 g/mol. The molecule has 3 unspecified atom stereocenters. The van der Waals surface area contributed by atoms with Crippen LogP contribution in [-0.4, -0.2) is 79.6 Å². The Morgan fingerprint density at radius 2 is 1.75 bits per heavy atom. The van der Waals surface area contributed by atoms with Gasteiger partial charge in [0.2, 0.25) is 0 Å². The predicted octanol–water partition coefficient (Wildman–Crippen LogP) is 9.32. The van der Waals surface area contributed by atoms with Crippen molar-refractivity contribution in [3.05, 3.63) is 112 Å². The second-order valence-corrected chi connectivity index (χ2v) is 21.3. The van der Waals surface area contributed by atoms with Crippen LogP contribution in [0.4, 0.5) is 17.1 Å². The third-order valence-electron chi connectivity index (χ3n) is 15.7. The van der Waals surface area contributed by atoms with Gasteiger partial charge in [-0.05, 0) is 141 Å². The number of nitrogens with one attached hydrogen (secondary N) is 3. The minimum absolute atomic E-state index is 0.000698. The first-order valence-corrected chi connectivity index (χ1v) is 25.1. The van der Waals surface area contributed by atoms with Crippen molar-refractivity contribution in [1.82, 2.24) is 19.6 Å². The number of carbonyl (C=O) groups is 1. The molecule has 3 atom stereocenters. The van der Waals surface area contributed by atoms with E-state index in [0.717, 1.165) is 73.7 Å². The fraction of sp³-hybridized carbons (Fsp3) is 0.480. The molecule has 11 rings (SSSR count). The van der Waals surface area contributed by atoms with E-state index in [1.165, 1.54) is 63.6 Å². The number of benzene rings is 3. The van der Waals surface area contributed by atoms with Crippen LogP contribution < -0.4 is 19.7 Å². The maximum atomic E-state index is 14.0. The number of nitro benzene ring substituents is 1. The van der Waals surface area contributed by atoms with E-state index in [0.29, 0.717) is 48.7 Å². The van der Waals surface area contributed by atoms with Crippen molar-refractivity contribution in [1.29, 1.82) is 0 Å². The molecule has 3 aromatic carbocycles. The fourth-order valence-corrected chi connectivity index (χ4v) is 13.0. The average Bonchev–Trinajstić information content (AvgIpc) is 3.69. The third kappa shape index (κ3) is 8.35. The van der Waals surface area contributed by atoms with Crippen molar-refractivity contribution < 1.29 is 27.6 Å². The van der Waals surface area contributed by atoms with Crippen molar-refractivity contribution >= 4 is 44.0 Å². The smallest absolute Gasteiger partial charge is 0.293 e. The Bertz CT molecular complexity index is 2720. The number of aromatic amines is 1. The number of fused-ring (bicyclic) bond motifs is 2. The summed E-state index contributed by atoms with van der Waals surface area (Å²) < 4.78 is 41.4. The second kappa shape index (κ2) is 17.0. The van der Waals surface area contributed by atoms with Crippen LogP contribution in [0.5, 0.6) is 11.5 Å². The highest BCUT2D eigenvalue weighted by Crippen LogP contribution is 2.59. The van der Waals surface area contributed by atoms with Crippen molar-refractivity contribution in [2.24, 2.45) is 23.2 Å². The van der Waals surface area contributed by atoms with Gasteiger partial charge in [-0.15, -0.1) is 0 Å². The summed E-state index contributed by atoms with van der Waals surface area (Å²) in [5, 5.41) is 16.1. The number of likely N-dealkylation sites (tertiary alicyclic amines) is 1. The third-order valence-corrected chi connectivity index (χ3v) is 17.0. The zero-order valence-electron chi connectivity index (χ0n) is 36.6. The number of nitro groups is 1. The lowest BCUT2D eigenvalue weighted by molar-refractivity contribution is -0.384. The number of ether oxygens (including phenoxy) is 2. The lowest BCUT2D eigenvalue weighted by Crippen LogP contribution is -2.55. The highest BCUT2D eigenvalue weighted by Gasteiger charge is 2.54. The summed E-state index contributed by atoms with van der Waals surface area (Å²) in [5.41, 5.74) is 4.91. The molecule has 3 aliphatic carbocycles. The van der Waals surface area contributed by atoms with Gasteiger partial charge in [0, 0.05) is 80.9 Å². The number of anilines is 2. The van der Waals surface area contributed by atoms with Crippen molar-refractivity contribution in [2.45, 2.75) is 93.5 Å². The molecule has 3 saturated heterocycles. The summed E-state index contributed by atoms with van der Waals surface area (Å²) in [4.78, 5) is 37.9. The van der Waals surface area contributed by atoms with E-state index in [1.54, 1.807) is 41.7 Å². The zero-order valence-corrected chi connectivity index (χ0v) is 37.4. The molecule has 3 aliphatic heterocycles. The highest BCUT2D eigenvalue weighted by atomic mass is 32.2. The van der Waals surface area contributed by atoms with Gasteiger partial charge in [0.25, 0.3) is 21.6 Å². The number of piperidine rings is 1. The van der Waals surface area contributed by atoms with Crippen molar-refractivity contribution in [3.8, 4) is 11.5 Å². The fourth-order valence-electron chi connectivity index (χ4n) is 12.0.